The number of para-hydroxylation sites is 2. The van der Waals surface area contributed by atoms with Gasteiger partial charge in [0, 0.05) is 50.6 Å². The minimum absolute atomic E-state index is 1.12. The molecule has 0 aliphatic heterocycles. The van der Waals surface area contributed by atoms with E-state index in [0.29, 0.717) is 0 Å². The third-order valence-corrected chi connectivity index (χ3v) is 8.33. The summed E-state index contributed by atoms with van der Waals surface area (Å²) in [4.78, 5) is 4.34. The molecule has 3 heteroatoms. The molecule has 9 rings (SSSR count). The van der Waals surface area contributed by atoms with E-state index >= 15 is 0 Å². The van der Waals surface area contributed by atoms with Crippen molar-refractivity contribution in [1.29, 1.82) is 0 Å². The van der Waals surface area contributed by atoms with Crippen LogP contribution in [0.25, 0.3) is 76.7 Å². The van der Waals surface area contributed by atoms with Crippen molar-refractivity contribution in [3.8, 4) is 16.8 Å². The molecule has 0 atom stereocenters. The molecule has 0 N–H and O–H groups in total. The van der Waals surface area contributed by atoms with Gasteiger partial charge in [0.1, 0.15) is 0 Å². The van der Waals surface area contributed by atoms with E-state index in [-0.39, 0.29) is 0 Å². The molecule has 0 amide bonds. The summed E-state index contributed by atoms with van der Waals surface area (Å²) in [6.45, 7) is 4.25. The normalized spacial score (nSPS) is 11.6. The fourth-order valence-corrected chi connectivity index (χ4v) is 6.60. The molecule has 0 aliphatic rings. The van der Waals surface area contributed by atoms with Crippen LogP contribution < -0.4 is 0 Å². The average Bonchev–Trinajstić information content (AvgIpc) is 3.60. The highest BCUT2D eigenvalue weighted by molar-refractivity contribution is 6.18. The molecule has 9 aromatic rings. The molecule has 0 fully saturated rings. The van der Waals surface area contributed by atoms with Gasteiger partial charge < -0.3 is 8.97 Å². The molecule has 4 heterocycles. The summed E-state index contributed by atoms with van der Waals surface area (Å²) in [6, 6.07) is 46.3. The Morgan fingerprint density at radius 3 is 1.86 bits per heavy atom. The third-order valence-electron chi connectivity index (χ3n) is 8.33. The van der Waals surface area contributed by atoms with E-state index in [2.05, 4.69) is 149 Å². The van der Waals surface area contributed by atoms with Crippen molar-refractivity contribution < 1.29 is 0 Å². The maximum absolute atomic E-state index is 4.34. The number of rotatable bonds is 2. The van der Waals surface area contributed by atoms with Crippen LogP contribution in [0.4, 0.5) is 0 Å². The van der Waals surface area contributed by atoms with Crippen molar-refractivity contribution in [2.45, 2.75) is 20.3 Å². The van der Waals surface area contributed by atoms with Crippen molar-refractivity contribution in [2.24, 2.45) is 0 Å². The molecule has 0 spiro atoms. The zero-order valence-corrected chi connectivity index (χ0v) is 24.3. The Balaban J connectivity index is 0.000000892. The number of fused-ring (bicyclic) bond motifs is 11. The summed E-state index contributed by atoms with van der Waals surface area (Å²) in [5.74, 6) is 0. The standard InChI is InChI=1S/C37H23N3.C3H8/c1-2-14-30-28(12-1)29-13-3-6-17-34(29)40-35-22-32-31-15-4-5-16-33(31)39(37(32)21-26(35)20-36(30)40)27-11-7-9-24(19-27)25-10-8-18-38-23-25;1-3-2/h1-23H;3H2,1-2H3. The predicted octanol–water partition coefficient (Wildman–Crippen LogP) is 11.0. The summed E-state index contributed by atoms with van der Waals surface area (Å²) in [7, 11) is 0. The van der Waals surface area contributed by atoms with Crippen molar-refractivity contribution in [2.75, 3.05) is 0 Å². The predicted molar refractivity (Wildman–Crippen MR) is 183 cm³/mol. The SMILES string of the molecule is CCC.c1cncc(-c2cccc(-n3c4ccccc4c4cc5c(cc43)cc3c4ccccc4c4ccccc4n53)c2)c1. The highest BCUT2D eigenvalue weighted by atomic mass is 15.0. The summed E-state index contributed by atoms with van der Waals surface area (Å²) in [5.41, 5.74) is 9.54. The minimum Gasteiger partial charge on any atom is -0.309 e. The van der Waals surface area contributed by atoms with Crippen LogP contribution in [0.5, 0.6) is 0 Å². The lowest BCUT2D eigenvalue weighted by Gasteiger charge is -2.11. The molecule has 0 unspecified atom stereocenters. The Hall–Kier alpha value is -5.41. The molecule has 43 heavy (non-hydrogen) atoms. The molecular weight excluding hydrogens is 522 g/mol. The second kappa shape index (κ2) is 10.1. The molecule has 206 valence electrons. The number of pyridine rings is 2. The summed E-state index contributed by atoms with van der Waals surface area (Å²) in [6.07, 6.45) is 5.00. The topological polar surface area (TPSA) is 22.2 Å². The van der Waals surface area contributed by atoms with Crippen LogP contribution >= 0.6 is 0 Å². The highest BCUT2D eigenvalue weighted by Gasteiger charge is 2.17. The Morgan fingerprint density at radius 1 is 0.488 bits per heavy atom. The van der Waals surface area contributed by atoms with Crippen LogP contribution in [0.3, 0.4) is 0 Å². The van der Waals surface area contributed by atoms with Crippen LogP contribution in [0.1, 0.15) is 20.3 Å². The van der Waals surface area contributed by atoms with E-state index < -0.39 is 0 Å². The smallest absolute Gasteiger partial charge is 0.0548 e. The fourth-order valence-electron chi connectivity index (χ4n) is 6.60. The monoisotopic (exact) mass is 553 g/mol. The number of hydrogen-bond acceptors (Lipinski definition) is 1. The highest BCUT2D eigenvalue weighted by Crippen LogP contribution is 2.39. The molecule has 0 aliphatic carbocycles. The first-order valence-corrected chi connectivity index (χ1v) is 15.1. The minimum atomic E-state index is 1.12. The second-order valence-electron chi connectivity index (χ2n) is 11.2. The van der Waals surface area contributed by atoms with Crippen molar-refractivity contribution >= 4 is 59.9 Å². The zero-order valence-electron chi connectivity index (χ0n) is 24.3. The Kier molecular flexibility index (Phi) is 5.97. The first-order chi connectivity index (χ1) is 21.3. The number of aromatic nitrogens is 3. The Morgan fingerprint density at radius 2 is 1.12 bits per heavy atom. The quantitative estimate of drug-likeness (QED) is 0.195. The van der Waals surface area contributed by atoms with E-state index in [0.717, 1.165) is 16.8 Å². The lowest BCUT2D eigenvalue weighted by Crippen LogP contribution is -1.94. The van der Waals surface area contributed by atoms with E-state index in [1.54, 1.807) is 0 Å². The maximum atomic E-state index is 4.34. The van der Waals surface area contributed by atoms with Gasteiger partial charge in [0.05, 0.1) is 27.6 Å². The summed E-state index contributed by atoms with van der Waals surface area (Å²) < 4.78 is 4.85. The van der Waals surface area contributed by atoms with Crippen LogP contribution in [0, 0.1) is 0 Å². The van der Waals surface area contributed by atoms with Crippen LogP contribution in [0.2, 0.25) is 0 Å². The molecule has 5 aromatic carbocycles. The Bertz CT molecular complexity index is 2440. The van der Waals surface area contributed by atoms with Gasteiger partial charge in [0.15, 0.2) is 0 Å². The average molecular weight is 554 g/mol. The summed E-state index contributed by atoms with van der Waals surface area (Å²) >= 11 is 0. The number of benzene rings is 5. The summed E-state index contributed by atoms with van der Waals surface area (Å²) in [5, 5.41) is 7.59. The van der Waals surface area contributed by atoms with Crippen molar-refractivity contribution in [1.82, 2.24) is 14.0 Å². The Labute approximate surface area is 250 Å². The first-order valence-electron chi connectivity index (χ1n) is 15.1. The third kappa shape index (κ3) is 3.93. The van der Waals surface area contributed by atoms with Crippen LogP contribution in [-0.4, -0.2) is 14.0 Å². The van der Waals surface area contributed by atoms with E-state index in [9.17, 15) is 0 Å². The van der Waals surface area contributed by atoms with Crippen LogP contribution in [0.15, 0.2) is 140 Å². The second-order valence-corrected chi connectivity index (χ2v) is 11.2. The van der Waals surface area contributed by atoms with Gasteiger partial charge in [0.2, 0.25) is 0 Å². The van der Waals surface area contributed by atoms with Crippen molar-refractivity contribution in [3.63, 3.8) is 0 Å². The van der Waals surface area contributed by atoms with Gasteiger partial charge in [-0.15, -0.1) is 0 Å². The largest absolute Gasteiger partial charge is 0.309 e. The molecule has 0 saturated heterocycles. The lowest BCUT2D eigenvalue weighted by molar-refractivity contribution is 1.09. The molecule has 4 aromatic heterocycles. The van der Waals surface area contributed by atoms with Gasteiger partial charge in [-0.3, -0.25) is 4.98 Å². The van der Waals surface area contributed by atoms with Gasteiger partial charge >= 0.3 is 0 Å². The van der Waals surface area contributed by atoms with Gasteiger partial charge in [0.25, 0.3) is 0 Å². The van der Waals surface area contributed by atoms with Gasteiger partial charge in [-0.1, -0.05) is 99.1 Å². The zero-order chi connectivity index (χ0) is 28.9. The first kappa shape index (κ1) is 25.3. The van der Waals surface area contributed by atoms with E-state index in [1.165, 1.54) is 66.3 Å². The van der Waals surface area contributed by atoms with Crippen molar-refractivity contribution in [3.05, 3.63) is 140 Å². The maximum Gasteiger partial charge on any atom is 0.0548 e. The fraction of sp³-hybridized carbons (Fsp3) is 0.0750. The van der Waals surface area contributed by atoms with E-state index in [1.807, 2.05) is 18.5 Å². The molecule has 0 saturated carbocycles. The van der Waals surface area contributed by atoms with Gasteiger partial charge in [-0.05, 0) is 59.5 Å². The molecular formula is C40H31N3. The number of nitrogens with zero attached hydrogens (tertiary/aromatic N) is 3. The van der Waals surface area contributed by atoms with Crippen LogP contribution in [-0.2, 0) is 0 Å². The van der Waals surface area contributed by atoms with E-state index in [4.69, 9.17) is 0 Å². The molecule has 0 bridgehead atoms. The van der Waals surface area contributed by atoms with Gasteiger partial charge in [-0.25, -0.2) is 0 Å². The lowest BCUT2D eigenvalue weighted by atomic mass is 10.1. The molecule has 3 nitrogen and oxygen atoms in total. The molecule has 0 radical (unpaired) electrons. The number of hydrogen-bond donors (Lipinski definition) is 0. The van der Waals surface area contributed by atoms with Gasteiger partial charge in [-0.2, -0.15) is 0 Å².